The van der Waals surface area contributed by atoms with E-state index in [0.717, 1.165) is 25.5 Å². The Hall–Kier alpha value is -0.500. The van der Waals surface area contributed by atoms with Crippen LogP contribution in [-0.4, -0.2) is 39.4 Å². The molecule has 1 fully saturated rings. The summed E-state index contributed by atoms with van der Waals surface area (Å²) in [6, 6.07) is 3.93. The van der Waals surface area contributed by atoms with Gasteiger partial charge in [0.1, 0.15) is 5.82 Å². The molecule has 0 bridgehead atoms. The fourth-order valence-corrected chi connectivity index (χ4v) is 4.16. The van der Waals surface area contributed by atoms with E-state index in [9.17, 15) is 12.8 Å². The number of sulfonamides is 1. The highest BCUT2D eigenvalue weighted by molar-refractivity contribution is 9.10. The highest BCUT2D eigenvalue weighted by Gasteiger charge is 2.29. The average molecular weight is 365 g/mol. The molecule has 4 nitrogen and oxygen atoms in total. The van der Waals surface area contributed by atoms with Crippen LogP contribution >= 0.6 is 15.9 Å². The van der Waals surface area contributed by atoms with E-state index in [1.807, 2.05) is 7.05 Å². The van der Waals surface area contributed by atoms with Gasteiger partial charge in [-0.2, -0.15) is 4.31 Å². The topological polar surface area (TPSA) is 49.4 Å². The Kier molecular flexibility index (Phi) is 5.17. The van der Waals surface area contributed by atoms with E-state index >= 15 is 0 Å². The van der Waals surface area contributed by atoms with Crippen LogP contribution in [0.5, 0.6) is 0 Å². The fourth-order valence-electron chi connectivity index (χ4n) is 2.43. The molecule has 1 aliphatic heterocycles. The third kappa shape index (κ3) is 3.39. The normalized spacial score (nSPS) is 18.4. The van der Waals surface area contributed by atoms with Crippen molar-refractivity contribution in [1.82, 2.24) is 9.62 Å². The predicted molar refractivity (Wildman–Crippen MR) is 79.5 cm³/mol. The molecule has 7 heteroatoms. The first-order valence-corrected chi connectivity index (χ1v) is 8.78. The zero-order valence-corrected chi connectivity index (χ0v) is 13.7. The monoisotopic (exact) mass is 364 g/mol. The summed E-state index contributed by atoms with van der Waals surface area (Å²) >= 11 is 3.03. The van der Waals surface area contributed by atoms with E-state index < -0.39 is 15.8 Å². The molecule has 1 aromatic carbocycles. The molecular formula is C13H18BrFN2O2S. The van der Waals surface area contributed by atoms with Crippen molar-refractivity contribution in [2.75, 3.05) is 26.7 Å². The van der Waals surface area contributed by atoms with Crippen LogP contribution in [0, 0.1) is 11.7 Å². The smallest absolute Gasteiger partial charge is 0.243 e. The maximum Gasteiger partial charge on any atom is 0.243 e. The minimum atomic E-state index is -3.59. The highest BCUT2D eigenvalue weighted by Crippen LogP contribution is 2.25. The van der Waals surface area contributed by atoms with Crippen molar-refractivity contribution < 1.29 is 12.8 Å². The van der Waals surface area contributed by atoms with Gasteiger partial charge in [-0.25, -0.2) is 12.8 Å². The summed E-state index contributed by atoms with van der Waals surface area (Å²) in [5, 5.41) is 3.11. The van der Waals surface area contributed by atoms with Crippen LogP contribution in [0.3, 0.4) is 0 Å². The second-order valence-electron chi connectivity index (χ2n) is 4.98. The number of rotatable bonds is 4. The summed E-state index contributed by atoms with van der Waals surface area (Å²) < 4.78 is 40.1. The molecule has 0 aliphatic carbocycles. The lowest BCUT2D eigenvalue weighted by atomic mass is 9.98. The summed E-state index contributed by atoms with van der Waals surface area (Å²) in [6.07, 6.45) is 1.66. The number of benzene rings is 1. The van der Waals surface area contributed by atoms with Gasteiger partial charge in [0, 0.05) is 13.1 Å². The Morgan fingerprint density at radius 1 is 1.40 bits per heavy atom. The first-order chi connectivity index (χ1) is 9.45. The largest absolute Gasteiger partial charge is 0.319 e. The van der Waals surface area contributed by atoms with Crippen LogP contribution in [-0.2, 0) is 10.0 Å². The molecule has 1 aromatic rings. The molecule has 0 amide bonds. The van der Waals surface area contributed by atoms with Gasteiger partial charge in [0.05, 0.1) is 9.37 Å². The molecule has 20 heavy (non-hydrogen) atoms. The van der Waals surface area contributed by atoms with Gasteiger partial charge in [-0.05, 0) is 66.5 Å². The molecule has 0 aromatic heterocycles. The van der Waals surface area contributed by atoms with Crippen LogP contribution in [0.25, 0.3) is 0 Å². The van der Waals surface area contributed by atoms with Crippen molar-refractivity contribution in [3.05, 3.63) is 28.5 Å². The Labute approximate surface area is 127 Å². The van der Waals surface area contributed by atoms with Crippen LogP contribution < -0.4 is 5.32 Å². The number of nitrogens with one attached hydrogen (secondary N) is 1. The van der Waals surface area contributed by atoms with E-state index in [4.69, 9.17) is 0 Å². The SMILES string of the molecule is CNCC1CCN(S(=O)(=O)c2ccc(Br)c(F)c2)CC1. The lowest BCUT2D eigenvalue weighted by Gasteiger charge is -2.31. The van der Waals surface area contributed by atoms with Crippen molar-refractivity contribution >= 4 is 26.0 Å². The molecule has 112 valence electrons. The molecule has 1 saturated heterocycles. The van der Waals surface area contributed by atoms with Crippen LogP contribution in [0.2, 0.25) is 0 Å². The van der Waals surface area contributed by atoms with Crippen molar-refractivity contribution in [3.8, 4) is 0 Å². The van der Waals surface area contributed by atoms with Gasteiger partial charge in [0.2, 0.25) is 10.0 Å². The third-order valence-corrected chi connectivity index (χ3v) is 6.13. The van der Waals surface area contributed by atoms with Gasteiger partial charge < -0.3 is 5.32 Å². The van der Waals surface area contributed by atoms with E-state index in [1.54, 1.807) is 0 Å². The van der Waals surface area contributed by atoms with Crippen LogP contribution in [0.4, 0.5) is 4.39 Å². The maximum absolute atomic E-state index is 13.5. The molecule has 0 saturated carbocycles. The number of nitrogens with zero attached hydrogens (tertiary/aromatic N) is 1. The Balaban J connectivity index is 2.13. The van der Waals surface area contributed by atoms with E-state index in [2.05, 4.69) is 21.2 Å². The van der Waals surface area contributed by atoms with Crippen LogP contribution in [0.1, 0.15) is 12.8 Å². The minimum Gasteiger partial charge on any atom is -0.319 e. The molecule has 0 radical (unpaired) electrons. The Bertz CT molecular complexity index is 572. The van der Waals surface area contributed by atoms with Gasteiger partial charge in [-0.3, -0.25) is 0 Å². The summed E-state index contributed by atoms with van der Waals surface area (Å²) in [4.78, 5) is 0.0188. The second-order valence-corrected chi connectivity index (χ2v) is 7.77. The Morgan fingerprint density at radius 2 is 2.05 bits per heavy atom. The first kappa shape index (κ1) is 15.9. The highest BCUT2D eigenvalue weighted by atomic mass is 79.9. The fraction of sp³-hybridized carbons (Fsp3) is 0.538. The molecule has 1 heterocycles. The molecule has 0 spiro atoms. The lowest BCUT2D eigenvalue weighted by Crippen LogP contribution is -2.40. The third-order valence-electron chi connectivity index (χ3n) is 3.60. The number of hydrogen-bond donors (Lipinski definition) is 1. The van der Waals surface area contributed by atoms with Gasteiger partial charge in [-0.15, -0.1) is 0 Å². The van der Waals surface area contributed by atoms with E-state index in [0.29, 0.717) is 19.0 Å². The number of hydrogen-bond acceptors (Lipinski definition) is 3. The summed E-state index contributed by atoms with van der Waals surface area (Å²) in [5.41, 5.74) is 0. The van der Waals surface area contributed by atoms with Gasteiger partial charge in [0.15, 0.2) is 0 Å². The molecule has 0 unspecified atom stereocenters. The molecule has 1 aliphatic rings. The molecule has 0 atom stereocenters. The Morgan fingerprint density at radius 3 is 2.60 bits per heavy atom. The van der Waals surface area contributed by atoms with Crippen molar-refractivity contribution in [3.63, 3.8) is 0 Å². The maximum atomic E-state index is 13.5. The van der Waals surface area contributed by atoms with Crippen molar-refractivity contribution in [2.45, 2.75) is 17.7 Å². The number of piperidine rings is 1. The minimum absolute atomic E-state index is 0.0188. The van der Waals surface area contributed by atoms with Crippen molar-refractivity contribution in [1.29, 1.82) is 0 Å². The summed E-state index contributed by atoms with van der Waals surface area (Å²) in [6.45, 7) is 1.89. The standard InChI is InChI=1S/C13H18BrFN2O2S/c1-16-9-10-4-6-17(7-5-10)20(18,19)11-2-3-12(14)13(15)8-11/h2-3,8,10,16H,4-7,9H2,1H3. The molecular weight excluding hydrogens is 347 g/mol. The second kappa shape index (κ2) is 6.51. The zero-order valence-electron chi connectivity index (χ0n) is 11.3. The van der Waals surface area contributed by atoms with Crippen LogP contribution in [0.15, 0.2) is 27.6 Å². The zero-order chi connectivity index (χ0) is 14.8. The van der Waals surface area contributed by atoms with E-state index in [1.165, 1.54) is 16.4 Å². The lowest BCUT2D eigenvalue weighted by molar-refractivity contribution is 0.270. The first-order valence-electron chi connectivity index (χ1n) is 6.55. The predicted octanol–water partition coefficient (Wildman–Crippen LogP) is 2.21. The van der Waals surface area contributed by atoms with Gasteiger partial charge >= 0.3 is 0 Å². The quantitative estimate of drug-likeness (QED) is 0.890. The summed E-state index contributed by atoms with van der Waals surface area (Å²) in [7, 11) is -1.69. The summed E-state index contributed by atoms with van der Waals surface area (Å²) in [5.74, 6) is -0.0516. The average Bonchev–Trinajstić information content (AvgIpc) is 2.43. The molecule has 2 rings (SSSR count). The van der Waals surface area contributed by atoms with Gasteiger partial charge in [0.25, 0.3) is 0 Å². The van der Waals surface area contributed by atoms with Crippen molar-refractivity contribution in [2.24, 2.45) is 5.92 Å². The van der Waals surface area contributed by atoms with Gasteiger partial charge in [-0.1, -0.05) is 0 Å². The number of halogens is 2. The molecule has 1 N–H and O–H groups in total. The van der Waals surface area contributed by atoms with E-state index in [-0.39, 0.29) is 9.37 Å².